The molecule has 0 spiro atoms. The van der Waals surface area contributed by atoms with Crippen LogP contribution < -0.4 is 10.6 Å². The fourth-order valence-electron chi connectivity index (χ4n) is 2.36. The minimum absolute atomic E-state index is 0. The van der Waals surface area contributed by atoms with Crippen molar-refractivity contribution in [2.45, 2.75) is 46.4 Å². The Morgan fingerprint density at radius 1 is 1.25 bits per heavy atom. The Morgan fingerprint density at radius 3 is 2.64 bits per heavy atom. The normalized spacial score (nSPS) is 13.6. The highest BCUT2D eigenvalue weighted by molar-refractivity contribution is 14.0. The van der Waals surface area contributed by atoms with Crippen molar-refractivity contribution >= 4 is 53.1 Å². The third-order valence-electron chi connectivity index (χ3n) is 3.78. The van der Waals surface area contributed by atoms with Gasteiger partial charge in [0.25, 0.3) is 0 Å². The van der Waals surface area contributed by atoms with Crippen molar-refractivity contribution in [3.05, 3.63) is 45.5 Å². The fraction of sp³-hybridized carbons (Fsp3) is 0.500. The Hall–Kier alpha value is -1.10. The maximum absolute atomic E-state index is 6.10. The Kier molecular flexibility index (Phi) is 11.1. The second-order valence-electron chi connectivity index (χ2n) is 5.88. The van der Waals surface area contributed by atoms with E-state index >= 15 is 0 Å². The van der Waals surface area contributed by atoms with Crippen molar-refractivity contribution in [3.8, 4) is 0 Å². The summed E-state index contributed by atoms with van der Waals surface area (Å²) in [5, 5.41) is 11.5. The van der Waals surface area contributed by atoms with E-state index in [4.69, 9.17) is 32.5 Å². The van der Waals surface area contributed by atoms with Crippen molar-refractivity contribution in [3.63, 3.8) is 0 Å². The SMILES string of the molecule is CCNC(=NCc1nc(C(C)OCC)no1)NC(C)c1ccc(Cl)c(Cl)c1.I. The Bertz CT molecular complexity index is 772. The Balaban J connectivity index is 0.00000392. The molecule has 2 N–H and O–H groups in total. The van der Waals surface area contributed by atoms with Crippen LogP contribution in [0, 0.1) is 0 Å². The molecule has 0 aliphatic carbocycles. The molecule has 0 aliphatic heterocycles. The monoisotopic (exact) mass is 541 g/mol. The number of benzene rings is 1. The molecule has 1 aromatic heterocycles. The standard InChI is InChI=1S/C18H25Cl2N5O2.HI/c1-5-21-18(23-11(3)13-7-8-14(19)15(20)9-13)22-10-16-24-17(25-27-16)12(4)26-6-2;/h7-9,11-12H,5-6,10H2,1-4H3,(H2,21,22,23);1H. The van der Waals surface area contributed by atoms with Gasteiger partial charge in [-0.1, -0.05) is 34.4 Å². The summed E-state index contributed by atoms with van der Waals surface area (Å²) >= 11 is 12.1. The highest BCUT2D eigenvalue weighted by atomic mass is 127. The lowest BCUT2D eigenvalue weighted by atomic mass is 10.1. The zero-order valence-corrected chi connectivity index (χ0v) is 20.2. The molecule has 0 amide bonds. The molecule has 2 atom stereocenters. The fourth-order valence-corrected chi connectivity index (χ4v) is 2.67. The number of nitrogens with one attached hydrogen (secondary N) is 2. The lowest BCUT2D eigenvalue weighted by Gasteiger charge is -2.18. The maximum atomic E-state index is 6.10. The molecule has 2 aromatic rings. The predicted octanol–water partition coefficient (Wildman–Crippen LogP) is 4.91. The molecule has 1 aromatic carbocycles. The summed E-state index contributed by atoms with van der Waals surface area (Å²) in [4.78, 5) is 8.83. The van der Waals surface area contributed by atoms with Crippen LogP contribution in [0.25, 0.3) is 0 Å². The van der Waals surface area contributed by atoms with Crippen molar-refractivity contribution < 1.29 is 9.26 Å². The molecule has 0 radical (unpaired) electrons. The Morgan fingerprint density at radius 2 is 2.00 bits per heavy atom. The van der Waals surface area contributed by atoms with E-state index in [9.17, 15) is 0 Å². The molecule has 0 fully saturated rings. The number of aliphatic imine (C=N–C) groups is 1. The number of halogens is 3. The number of hydrogen-bond donors (Lipinski definition) is 2. The Labute approximate surface area is 192 Å². The third-order valence-corrected chi connectivity index (χ3v) is 4.52. The lowest BCUT2D eigenvalue weighted by molar-refractivity contribution is 0.0683. The van der Waals surface area contributed by atoms with Crippen LogP contribution in [0.2, 0.25) is 10.0 Å². The first-order valence-corrected chi connectivity index (χ1v) is 9.64. The van der Waals surface area contributed by atoms with Crippen molar-refractivity contribution in [2.24, 2.45) is 4.99 Å². The van der Waals surface area contributed by atoms with Gasteiger partial charge in [0.05, 0.1) is 16.1 Å². The summed E-state index contributed by atoms with van der Waals surface area (Å²) in [7, 11) is 0. The average molecular weight is 542 g/mol. The van der Waals surface area contributed by atoms with Gasteiger partial charge in [-0.2, -0.15) is 4.98 Å². The second kappa shape index (κ2) is 12.5. The number of aromatic nitrogens is 2. The summed E-state index contributed by atoms with van der Waals surface area (Å²) < 4.78 is 10.7. The van der Waals surface area contributed by atoms with E-state index in [1.165, 1.54) is 0 Å². The van der Waals surface area contributed by atoms with E-state index < -0.39 is 0 Å². The van der Waals surface area contributed by atoms with Crippen LogP contribution in [0.1, 0.15) is 57.1 Å². The second-order valence-corrected chi connectivity index (χ2v) is 6.69. The summed E-state index contributed by atoms with van der Waals surface area (Å²) in [6.45, 7) is 9.38. The van der Waals surface area contributed by atoms with E-state index in [2.05, 4.69) is 25.8 Å². The van der Waals surface area contributed by atoms with E-state index in [0.717, 1.165) is 12.1 Å². The van der Waals surface area contributed by atoms with Gasteiger partial charge in [0.2, 0.25) is 5.89 Å². The quantitative estimate of drug-likeness (QED) is 0.281. The van der Waals surface area contributed by atoms with E-state index in [1.807, 2.05) is 39.8 Å². The largest absolute Gasteiger partial charge is 0.371 e. The van der Waals surface area contributed by atoms with Crippen molar-refractivity contribution in [1.82, 2.24) is 20.8 Å². The first-order chi connectivity index (χ1) is 12.9. The van der Waals surface area contributed by atoms with Crippen LogP contribution in [-0.2, 0) is 11.3 Å². The first kappa shape index (κ1) is 24.9. The molecule has 2 unspecified atom stereocenters. The van der Waals surface area contributed by atoms with Gasteiger partial charge in [0.1, 0.15) is 12.6 Å². The van der Waals surface area contributed by atoms with Gasteiger partial charge in [0.15, 0.2) is 11.8 Å². The molecule has 0 bridgehead atoms. The number of ether oxygens (including phenoxy) is 1. The third kappa shape index (κ3) is 7.38. The van der Waals surface area contributed by atoms with Gasteiger partial charge >= 0.3 is 0 Å². The zero-order valence-electron chi connectivity index (χ0n) is 16.3. The topological polar surface area (TPSA) is 84.6 Å². The van der Waals surface area contributed by atoms with Crippen molar-refractivity contribution in [2.75, 3.05) is 13.2 Å². The molecular weight excluding hydrogens is 516 g/mol. The summed E-state index contributed by atoms with van der Waals surface area (Å²) in [5.41, 5.74) is 1.00. The molecule has 1 heterocycles. The minimum Gasteiger partial charge on any atom is -0.371 e. The maximum Gasteiger partial charge on any atom is 0.248 e. The molecule has 0 aliphatic rings. The molecule has 0 saturated heterocycles. The predicted molar refractivity (Wildman–Crippen MR) is 123 cm³/mol. The minimum atomic E-state index is -0.211. The average Bonchev–Trinajstić information content (AvgIpc) is 3.11. The smallest absolute Gasteiger partial charge is 0.248 e. The van der Waals surface area contributed by atoms with Crippen LogP contribution in [0.15, 0.2) is 27.7 Å². The zero-order chi connectivity index (χ0) is 19.8. The molecule has 0 saturated carbocycles. The molecule has 28 heavy (non-hydrogen) atoms. The summed E-state index contributed by atoms with van der Waals surface area (Å²) in [5.74, 6) is 1.58. The van der Waals surface area contributed by atoms with Gasteiger partial charge in [-0.3, -0.25) is 0 Å². The molecule has 156 valence electrons. The number of nitrogens with zero attached hydrogens (tertiary/aromatic N) is 3. The van der Waals surface area contributed by atoms with Gasteiger partial charge in [-0.15, -0.1) is 24.0 Å². The molecule has 10 heteroatoms. The van der Waals surface area contributed by atoms with Gasteiger partial charge in [0, 0.05) is 13.2 Å². The molecule has 7 nitrogen and oxygen atoms in total. The number of rotatable bonds is 8. The van der Waals surface area contributed by atoms with Gasteiger partial charge < -0.3 is 19.9 Å². The van der Waals surface area contributed by atoms with Gasteiger partial charge in [-0.05, 0) is 45.4 Å². The summed E-state index contributed by atoms with van der Waals surface area (Å²) in [6.07, 6.45) is -0.211. The van der Waals surface area contributed by atoms with Crippen LogP contribution in [0.3, 0.4) is 0 Å². The van der Waals surface area contributed by atoms with Crippen LogP contribution in [0.4, 0.5) is 0 Å². The summed E-state index contributed by atoms with van der Waals surface area (Å²) in [6, 6.07) is 5.52. The molecule has 2 rings (SSSR count). The lowest BCUT2D eigenvalue weighted by Crippen LogP contribution is -2.38. The van der Waals surface area contributed by atoms with Crippen LogP contribution in [0.5, 0.6) is 0 Å². The van der Waals surface area contributed by atoms with E-state index in [-0.39, 0.29) is 42.7 Å². The van der Waals surface area contributed by atoms with Gasteiger partial charge in [-0.25, -0.2) is 4.99 Å². The van der Waals surface area contributed by atoms with Crippen molar-refractivity contribution in [1.29, 1.82) is 0 Å². The molecular formula is C18H26Cl2IN5O2. The highest BCUT2D eigenvalue weighted by Crippen LogP contribution is 2.25. The van der Waals surface area contributed by atoms with Crippen LogP contribution >= 0.6 is 47.2 Å². The first-order valence-electron chi connectivity index (χ1n) is 8.88. The van der Waals surface area contributed by atoms with E-state index in [0.29, 0.717) is 34.3 Å². The van der Waals surface area contributed by atoms with Crippen LogP contribution in [-0.4, -0.2) is 29.3 Å². The number of hydrogen-bond acceptors (Lipinski definition) is 5. The highest BCUT2D eigenvalue weighted by Gasteiger charge is 2.14. The number of guanidine groups is 1. The van der Waals surface area contributed by atoms with E-state index in [1.54, 1.807) is 6.07 Å².